The number of benzene rings is 1. The maximum atomic E-state index is 12.5. The normalized spacial score (nSPS) is 11.1. The highest BCUT2D eigenvalue weighted by Gasteiger charge is 2.12. The van der Waals surface area contributed by atoms with Crippen LogP contribution in [0.25, 0.3) is 22.4 Å². The van der Waals surface area contributed by atoms with Gasteiger partial charge in [-0.05, 0) is 19.9 Å². The molecule has 0 bridgehead atoms. The van der Waals surface area contributed by atoms with Crippen molar-refractivity contribution in [2.75, 3.05) is 0 Å². The second-order valence-corrected chi connectivity index (χ2v) is 4.57. The molecule has 0 aliphatic heterocycles. The summed E-state index contributed by atoms with van der Waals surface area (Å²) < 4.78 is 1.71. The van der Waals surface area contributed by atoms with Crippen molar-refractivity contribution in [3.63, 3.8) is 0 Å². The van der Waals surface area contributed by atoms with Crippen LogP contribution in [0.2, 0.25) is 0 Å². The molecule has 0 radical (unpaired) electrons. The van der Waals surface area contributed by atoms with E-state index in [1.165, 1.54) is 0 Å². The van der Waals surface area contributed by atoms with Crippen LogP contribution in [0, 0.1) is 6.92 Å². The number of aromatic amines is 1. The molecule has 0 atom stereocenters. The van der Waals surface area contributed by atoms with Gasteiger partial charge in [-0.15, -0.1) is 0 Å². The number of H-pyrrole nitrogens is 1. The predicted octanol–water partition coefficient (Wildman–Crippen LogP) is 2.72. The predicted molar refractivity (Wildman–Crippen MR) is 76.2 cm³/mol. The van der Waals surface area contributed by atoms with Gasteiger partial charge in [0.2, 0.25) is 0 Å². The zero-order chi connectivity index (χ0) is 13.4. The third-order valence-corrected chi connectivity index (χ3v) is 3.23. The summed E-state index contributed by atoms with van der Waals surface area (Å²) in [6.07, 6.45) is 0. The summed E-state index contributed by atoms with van der Waals surface area (Å²) >= 11 is 0. The van der Waals surface area contributed by atoms with Crippen molar-refractivity contribution in [1.29, 1.82) is 0 Å². The molecule has 1 aromatic carbocycles. The fraction of sp³-hybridized carbons (Fsp3) is 0.200. The lowest BCUT2D eigenvalue weighted by atomic mass is 10.2. The first-order valence-corrected chi connectivity index (χ1v) is 6.36. The van der Waals surface area contributed by atoms with E-state index in [0.717, 1.165) is 11.3 Å². The van der Waals surface area contributed by atoms with Crippen molar-refractivity contribution in [3.05, 3.63) is 52.4 Å². The molecule has 4 heteroatoms. The van der Waals surface area contributed by atoms with Crippen molar-refractivity contribution in [2.24, 2.45) is 0 Å². The van der Waals surface area contributed by atoms with Gasteiger partial charge in [0.05, 0.1) is 5.39 Å². The Bertz CT molecular complexity index is 784. The largest absolute Gasteiger partial charge is 0.343 e. The Morgan fingerprint density at radius 3 is 2.68 bits per heavy atom. The third kappa shape index (κ3) is 1.85. The van der Waals surface area contributed by atoms with Crippen LogP contribution >= 0.6 is 0 Å². The molecular formula is C15H15N3O. The molecule has 0 unspecified atom stereocenters. The molecule has 0 aliphatic rings. The van der Waals surface area contributed by atoms with Gasteiger partial charge in [-0.25, -0.2) is 4.98 Å². The third-order valence-electron chi connectivity index (χ3n) is 3.23. The molecule has 4 nitrogen and oxygen atoms in total. The van der Waals surface area contributed by atoms with E-state index in [2.05, 4.69) is 9.97 Å². The van der Waals surface area contributed by atoms with Gasteiger partial charge in [-0.3, -0.25) is 9.36 Å². The topological polar surface area (TPSA) is 50.7 Å². The van der Waals surface area contributed by atoms with Gasteiger partial charge >= 0.3 is 0 Å². The summed E-state index contributed by atoms with van der Waals surface area (Å²) in [4.78, 5) is 20.2. The summed E-state index contributed by atoms with van der Waals surface area (Å²) in [6, 6.07) is 11.6. The van der Waals surface area contributed by atoms with E-state index in [0.29, 0.717) is 23.4 Å². The van der Waals surface area contributed by atoms with E-state index < -0.39 is 0 Å². The van der Waals surface area contributed by atoms with Crippen LogP contribution in [-0.2, 0) is 6.54 Å². The van der Waals surface area contributed by atoms with E-state index in [1.807, 2.05) is 50.2 Å². The van der Waals surface area contributed by atoms with Gasteiger partial charge in [-0.1, -0.05) is 30.3 Å². The zero-order valence-electron chi connectivity index (χ0n) is 11.0. The smallest absolute Gasteiger partial charge is 0.263 e. The number of rotatable bonds is 2. The molecule has 0 spiro atoms. The Kier molecular flexibility index (Phi) is 2.71. The second kappa shape index (κ2) is 4.39. The van der Waals surface area contributed by atoms with Crippen molar-refractivity contribution in [2.45, 2.75) is 20.4 Å². The van der Waals surface area contributed by atoms with E-state index in [-0.39, 0.29) is 5.56 Å². The molecule has 1 N–H and O–H groups in total. The molecule has 96 valence electrons. The van der Waals surface area contributed by atoms with Crippen LogP contribution in [0.1, 0.15) is 12.6 Å². The lowest BCUT2D eigenvalue weighted by molar-refractivity contribution is 0.727. The molecule has 2 heterocycles. The van der Waals surface area contributed by atoms with Gasteiger partial charge < -0.3 is 4.98 Å². The summed E-state index contributed by atoms with van der Waals surface area (Å²) in [5.41, 5.74) is 2.57. The monoisotopic (exact) mass is 253 g/mol. The Hall–Kier alpha value is -2.36. The van der Waals surface area contributed by atoms with Crippen LogP contribution in [0.5, 0.6) is 0 Å². The SMILES string of the molecule is CCn1c(-c2ccccc2)nc2[nH]c(C)cc2c1=O. The number of hydrogen-bond donors (Lipinski definition) is 1. The minimum atomic E-state index is 0.00991. The van der Waals surface area contributed by atoms with Crippen molar-refractivity contribution in [1.82, 2.24) is 14.5 Å². The average molecular weight is 253 g/mol. The minimum Gasteiger partial charge on any atom is -0.343 e. The first-order valence-electron chi connectivity index (χ1n) is 6.36. The highest BCUT2D eigenvalue weighted by Crippen LogP contribution is 2.18. The van der Waals surface area contributed by atoms with Gasteiger partial charge in [0.15, 0.2) is 0 Å². The van der Waals surface area contributed by atoms with Gasteiger partial charge in [0.25, 0.3) is 5.56 Å². The molecular weight excluding hydrogens is 238 g/mol. The van der Waals surface area contributed by atoms with Gasteiger partial charge in [-0.2, -0.15) is 0 Å². The van der Waals surface area contributed by atoms with Crippen molar-refractivity contribution >= 4 is 11.0 Å². The van der Waals surface area contributed by atoms with Crippen LogP contribution in [-0.4, -0.2) is 14.5 Å². The highest BCUT2D eigenvalue weighted by atomic mass is 16.1. The van der Waals surface area contributed by atoms with E-state index >= 15 is 0 Å². The van der Waals surface area contributed by atoms with Crippen LogP contribution < -0.4 is 5.56 Å². The lowest BCUT2D eigenvalue weighted by Gasteiger charge is -2.10. The molecule has 0 saturated heterocycles. The van der Waals surface area contributed by atoms with E-state index in [9.17, 15) is 4.79 Å². The number of aryl methyl sites for hydroxylation is 1. The number of nitrogens with zero attached hydrogens (tertiary/aromatic N) is 2. The number of fused-ring (bicyclic) bond motifs is 1. The maximum absolute atomic E-state index is 12.5. The molecule has 3 rings (SSSR count). The first-order chi connectivity index (χ1) is 9.20. The summed E-state index contributed by atoms with van der Waals surface area (Å²) in [5.74, 6) is 0.711. The summed E-state index contributed by atoms with van der Waals surface area (Å²) in [6.45, 7) is 4.50. The highest BCUT2D eigenvalue weighted by molar-refractivity contribution is 5.77. The molecule has 3 aromatic rings. The Morgan fingerprint density at radius 2 is 2.00 bits per heavy atom. The van der Waals surface area contributed by atoms with Gasteiger partial charge in [0, 0.05) is 17.8 Å². The first kappa shape index (κ1) is 11.7. The molecule has 0 saturated carbocycles. The van der Waals surface area contributed by atoms with Gasteiger partial charge in [0.1, 0.15) is 11.5 Å². The maximum Gasteiger partial charge on any atom is 0.263 e. The van der Waals surface area contributed by atoms with Crippen molar-refractivity contribution < 1.29 is 0 Å². The average Bonchev–Trinajstić information content (AvgIpc) is 2.80. The molecule has 0 amide bonds. The molecule has 2 aromatic heterocycles. The number of aromatic nitrogens is 3. The zero-order valence-corrected chi connectivity index (χ0v) is 11.0. The fourth-order valence-electron chi connectivity index (χ4n) is 2.34. The Balaban J connectivity index is 2.38. The standard InChI is InChI=1S/C15H15N3O/c1-3-18-14(11-7-5-4-6-8-11)17-13-12(15(18)19)9-10(2)16-13/h4-9,16H,3H2,1-2H3. The van der Waals surface area contributed by atoms with E-state index in [1.54, 1.807) is 4.57 Å². The van der Waals surface area contributed by atoms with Crippen LogP contribution in [0.3, 0.4) is 0 Å². The van der Waals surface area contributed by atoms with E-state index in [4.69, 9.17) is 0 Å². The summed E-state index contributed by atoms with van der Waals surface area (Å²) in [7, 11) is 0. The summed E-state index contributed by atoms with van der Waals surface area (Å²) in [5, 5.41) is 0.652. The number of hydrogen-bond acceptors (Lipinski definition) is 2. The Labute approximate surface area is 110 Å². The Morgan fingerprint density at radius 1 is 1.26 bits per heavy atom. The quantitative estimate of drug-likeness (QED) is 0.763. The van der Waals surface area contributed by atoms with Crippen molar-refractivity contribution in [3.8, 4) is 11.4 Å². The fourth-order valence-corrected chi connectivity index (χ4v) is 2.34. The number of nitrogens with one attached hydrogen (secondary N) is 1. The molecule has 0 aliphatic carbocycles. The van der Waals surface area contributed by atoms with Crippen LogP contribution in [0.4, 0.5) is 0 Å². The second-order valence-electron chi connectivity index (χ2n) is 4.57. The minimum absolute atomic E-state index is 0.00991. The molecule has 0 fully saturated rings. The molecule has 19 heavy (non-hydrogen) atoms. The van der Waals surface area contributed by atoms with Crippen LogP contribution in [0.15, 0.2) is 41.2 Å². The lowest BCUT2D eigenvalue weighted by Crippen LogP contribution is -2.22.